The van der Waals surface area contributed by atoms with Crippen molar-refractivity contribution in [3.63, 3.8) is 0 Å². The molecule has 1 rings (SSSR count). The molecule has 0 heterocycles. The van der Waals surface area contributed by atoms with Crippen LogP contribution in [0.25, 0.3) is 0 Å². The van der Waals surface area contributed by atoms with E-state index in [-0.39, 0.29) is 0 Å². The average Bonchev–Trinajstić information content (AvgIpc) is 2.29. The Hall–Kier alpha value is -0.0800. The van der Waals surface area contributed by atoms with E-state index >= 15 is 0 Å². The summed E-state index contributed by atoms with van der Waals surface area (Å²) in [4.78, 5) is 2.65. The Balaban J connectivity index is 2.48. The summed E-state index contributed by atoms with van der Waals surface area (Å²) in [5, 5.41) is 3.59. The fourth-order valence-electron chi connectivity index (χ4n) is 3.12. The Morgan fingerprint density at radius 2 is 1.88 bits per heavy atom. The lowest BCUT2D eigenvalue weighted by atomic mass is 9.84. The summed E-state index contributed by atoms with van der Waals surface area (Å²) in [6.07, 6.45) is 6.93. The molecule has 1 saturated carbocycles. The zero-order chi connectivity index (χ0) is 12.8. The van der Waals surface area contributed by atoms with Crippen molar-refractivity contribution in [1.82, 2.24) is 10.2 Å². The highest BCUT2D eigenvalue weighted by molar-refractivity contribution is 4.84. The van der Waals surface area contributed by atoms with Crippen LogP contribution in [0.15, 0.2) is 0 Å². The second-order valence-electron chi connectivity index (χ2n) is 6.12. The summed E-state index contributed by atoms with van der Waals surface area (Å²) >= 11 is 0. The van der Waals surface area contributed by atoms with E-state index in [1.165, 1.54) is 32.1 Å². The Morgan fingerprint density at radius 1 is 1.24 bits per heavy atom. The van der Waals surface area contributed by atoms with Gasteiger partial charge in [-0.1, -0.05) is 40.5 Å². The maximum atomic E-state index is 3.59. The second kappa shape index (κ2) is 7.38. The van der Waals surface area contributed by atoms with Gasteiger partial charge in [-0.15, -0.1) is 0 Å². The minimum absolute atomic E-state index is 0.598. The quantitative estimate of drug-likeness (QED) is 0.766. The first kappa shape index (κ1) is 15.0. The van der Waals surface area contributed by atoms with Gasteiger partial charge in [-0.25, -0.2) is 0 Å². The van der Waals surface area contributed by atoms with Gasteiger partial charge in [-0.05, 0) is 32.2 Å². The molecule has 1 fully saturated rings. The Labute approximate surface area is 108 Å². The standard InChI is InChI=1S/C15H32N2/c1-6-14(11-16-12(2)3)17(5)15-10-8-7-9-13(15)4/h12-16H,6-11H2,1-5H3. The zero-order valence-corrected chi connectivity index (χ0v) is 12.5. The number of rotatable bonds is 6. The van der Waals surface area contributed by atoms with Crippen LogP contribution in [-0.4, -0.2) is 36.6 Å². The predicted molar refractivity (Wildman–Crippen MR) is 76.4 cm³/mol. The SMILES string of the molecule is CCC(CNC(C)C)N(C)C1CCCCC1C. The van der Waals surface area contributed by atoms with E-state index in [4.69, 9.17) is 0 Å². The highest BCUT2D eigenvalue weighted by Gasteiger charge is 2.28. The van der Waals surface area contributed by atoms with Crippen molar-refractivity contribution < 1.29 is 0 Å². The highest BCUT2D eigenvalue weighted by atomic mass is 15.2. The van der Waals surface area contributed by atoms with Crippen LogP contribution in [0, 0.1) is 5.92 Å². The molecule has 0 aromatic rings. The molecule has 0 aromatic heterocycles. The molecule has 102 valence electrons. The van der Waals surface area contributed by atoms with Crippen molar-refractivity contribution in [3.05, 3.63) is 0 Å². The molecule has 1 N–H and O–H groups in total. The molecule has 0 saturated heterocycles. The normalized spacial score (nSPS) is 27.7. The summed E-state index contributed by atoms with van der Waals surface area (Å²) in [5.41, 5.74) is 0. The number of hydrogen-bond acceptors (Lipinski definition) is 2. The zero-order valence-electron chi connectivity index (χ0n) is 12.5. The topological polar surface area (TPSA) is 15.3 Å². The molecule has 0 spiro atoms. The molecule has 1 aliphatic carbocycles. The summed E-state index contributed by atoms with van der Waals surface area (Å²) in [6.45, 7) is 10.3. The van der Waals surface area contributed by atoms with Crippen LogP contribution in [0.2, 0.25) is 0 Å². The molecule has 3 unspecified atom stereocenters. The van der Waals surface area contributed by atoms with Crippen LogP contribution in [0.4, 0.5) is 0 Å². The fraction of sp³-hybridized carbons (Fsp3) is 1.00. The number of hydrogen-bond donors (Lipinski definition) is 1. The number of nitrogens with one attached hydrogen (secondary N) is 1. The third-order valence-corrected chi connectivity index (χ3v) is 4.40. The van der Waals surface area contributed by atoms with Gasteiger partial charge in [-0.2, -0.15) is 0 Å². The van der Waals surface area contributed by atoms with E-state index in [0.717, 1.165) is 18.5 Å². The van der Waals surface area contributed by atoms with Gasteiger partial charge >= 0.3 is 0 Å². The van der Waals surface area contributed by atoms with Crippen LogP contribution in [0.5, 0.6) is 0 Å². The Bertz CT molecular complexity index is 203. The molecule has 0 radical (unpaired) electrons. The third kappa shape index (κ3) is 4.59. The highest BCUT2D eigenvalue weighted by Crippen LogP contribution is 2.28. The lowest BCUT2D eigenvalue weighted by Crippen LogP contribution is -2.49. The molecule has 0 amide bonds. The molecule has 0 aliphatic heterocycles. The van der Waals surface area contributed by atoms with Gasteiger partial charge in [0.15, 0.2) is 0 Å². The van der Waals surface area contributed by atoms with Gasteiger partial charge in [0.1, 0.15) is 0 Å². The van der Waals surface area contributed by atoms with Crippen molar-refractivity contribution in [2.45, 2.75) is 77.9 Å². The minimum atomic E-state index is 0.598. The number of likely N-dealkylation sites (N-methyl/N-ethyl adjacent to an activating group) is 1. The second-order valence-corrected chi connectivity index (χ2v) is 6.12. The first-order chi connectivity index (χ1) is 8.06. The number of nitrogens with zero attached hydrogens (tertiary/aromatic N) is 1. The largest absolute Gasteiger partial charge is 0.313 e. The molecule has 1 aliphatic rings. The fourth-order valence-corrected chi connectivity index (χ4v) is 3.12. The van der Waals surface area contributed by atoms with Gasteiger partial charge in [0.2, 0.25) is 0 Å². The molecule has 17 heavy (non-hydrogen) atoms. The molecule has 0 aromatic carbocycles. The van der Waals surface area contributed by atoms with Crippen LogP contribution in [0.3, 0.4) is 0 Å². The van der Waals surface area contributed by atoms with E-state index in [1.54, 1.807) is 0 Å². The molecule has 0 bridgehead atoms. The van der Waals surface area contributed by atoms with Gasteiger partial charge in [-0.3, -0.25) is 4.90 Å². The molecule has 3 atom stereocenters. The summed E-state index contributed by atoms with van der Waals surface area (Å²) in [6, 6.07) is 2.10. The van der Waals surface area contributed by atoms with Crippen molar-refractivity contribution in [1.29, 1.82) is 0 Å². The van der Waals surface area contributed by atoms with Crippen molar-refractivity contribution in [2.24, 2.45) is 5.92 Å². The summed E-state index contributed by atoms with van der Waals surface area (Å²) < 4.78 is 0. The first-order valence-corrected chi connectivity index (χ1v) is 7.51. The van der Waals surface area contributed by atoms with Gasteiger partial charge in [0.25, 0.3) is 0 Å². The lowest BCUT2D eigenvalue weighted by Gasteiger charge is -2.41. The van der Waals surface area contributed by atoms with Crippen molar-refractivity contribution >= 4 is 0 Å². The van der Waals surface area contributed by atoms with E-state index in [9.17, 15) is 0 Å². The monoisotopic (exact) mass is 240 g/mol. The lowest BCUT2D eigenvalue weighted by molar-refractivity contribution is 0.0923. The van der Waals surface area contributed by atoms with Crippen LogP contribution >= 0.6 is 0 Å². The van der Waals surface area contributed by atoms with Gasteiger partial charge < -0.3 is 5.32 Å². The summed E-state index contributed by atoms with van der Waals surface area (Å²) in [7, 11) is 2.34. The minimum Gasteiger partial charge on any atom is -0.313 e. The van der Waals surface area contributed by atoms with E-state index in [1.807, 2.05) is 0 Å². The molecule has 2 heteroatoms. The van der Waals surface area contributed by atoms with Crippen LogP contribution in [0.1, 0.15) is 59.8 Å². The van der Waals surface area contributed by atoms with Gasteiger partial charge in [0.05, 0.1) is 0 Å². The smallest absolute Gasteiger partial charge is 0.0218 e. The Morgan fingerprint density at radius 3 is 2.41 bits per heavy atom. The average molecular weight is 240 g/mol. The molecular formula is C15H32N2. The molecule has 2 nitrogen and oxygen atoms in total. The van der Waals surface area contributed by atoms with Gasteiger partial charge in [0, 0.05) is 24.7 Å². The first-order valence-electron chi connectivity index (χ1n) is 7.51. The van der Waals surface area contributed by atoms with E-state index in [2.05, 4.69) is 45.0 Å². The van der Waals surface area contributed by atoms with Crippen LogP contribution in [-0.2, 0) is 0 Å². The third-order valence-electron chi connectivity index (χ3n) is 4.40. The molecular weight excluding hydrogens is 208 g/mol. The Kier molecular flexibility index (Phi) is 6.50. The van der Waals surface area contributed by atoms with Crippen molar-refractivity contribution in [2.75, 3.05) is 13.6 Å². The predicted octanol–water partition coefficient (Wildman–Crippen LogP) is 3.27. The van der Waals surface area contributed by atoms with Crippen molar-refractivity contribution in [3.8, 4) is 0 Å². The maximum absolute atomic E-state index is 3.59. The van der Waals surface area contributed by atoms with Crippen LogP contribution < -0.4 is 5.32 Å². The van der Waals surface area contributed by atoms with E-state index < -0.39 is 0 Å². The van der Waals surface area contributed by atoms with E-state index in [0.29, 0.717) is 12.1 Å². The summed E-state index contributed by atoms with van der Waals surface area (Å²) in [5.74, 6) is 0.877. The maximum Gasteiger partial charge on any atom is 0.0218 e.